The van der Waals surface area contributed by atoms with Gasteiger partial charge in [-0.05, 0) is 37.5 Å². The molecule has 0 spiro atoms. The van der Waals surface area contributed by atoms with Crippen molar-refractivity contribution in [2.75, 3.05) is 6.61 Å². The standard InChI is InChI=1S/C18H19Cl2NO2/c1-13(7-8-14-5-3-2-4-6-14)21-18(22)12-23-17-11-15(19)9-10-16(17)20/h2-6,9-11,13H,7-8,12H2,1H3,(H,21,22)/t13-/m1/s1. The Morgan fingerprint density at radius 3 is 2.65 bits per heavy atom. The predicted molar refractivity (Wildman–Crippen MR) is 94.3 cm³/mol. The van der Waals surface area contributed by atoms with E-state index in [9.17, 15) is 4.79 Å². The maximum atomic E-state index is 11.9. The Labute approximate surface area is 146 Å². The van der Waals surface area contributed by atoms with Crippen LogP contribution in [-0.4, -0.2) is 18.6 Å². The highest BCUT2D eigenvalue weighted by Crippen LogP contribution is 2.27. The summed E-state index contributed by atoms with van der Waals surface area (Å²) < 4.78 is 5.41. The minimum Gasteiger partial charge on any atom is -0.482 e. The van der Waals surface area contributed by atoms with Crippen LogP contribution in [0.25, 0.3) is 0 Å². The number of rotatable bonds is 7. The molecule has 5 heteroatoms. The van der Waals surface area contributed by atoms with Crippen LogP contribution in [-0.2, 0) is 11.2 Å². The van der Waals surface area contributed by atoms with Crippen molar-refractivity contribution in [2.45, 2.75) is 25.8 Å². The third-order valence-corrected chi connectivity index (χ3v) is 3.92. The van der Waals surface area contributed by atoms with Crippen molar-refractivity contribution in [3.05, 3.63) is 64.1 Å². The molecule has 0 aliphatic carbocycles. The van der Waals surface area contributed by atoms with E-state index in [-0.39, 0.29) is 18.6 Å². The Bertz CT molecular complexity index is 647. The average molecular weight is 352 g/mol. The summed E-state index contributed by atoms with van der Waals surface area (Å²) in [5.74, 6) is 0.229. The van der Waals surface area contributed by atoms with Gasteiger partial charge in [0.2, 0.25) is 0 Å². The van der Waals surface area contributed by atoms with E-state index in [0.717, 1.165) is 12.8 Å². The van der Waals surface area contributed by atoms with Crippen LogP contribution in [0.15, 0.2) is 48.5 Å². The highest BCUT2D eigenvalue weighted by Gasteiger charge is 2.10. The summed E-state index contributed by atoms with van der Waals surface area (Å²) >= 11 is 11.9. The van der Waals surface area contributed by atoms with Crippen LogP contribution in [0.5, 0.6) is 5.75 Å². The first kappa shape index (κ1) is 17.6. The van der Waals surface area contributed by atoms with Crippen molar-refractivity contribution in [1.29, 1.82) is 0 Å². The van der Waals surface area contributed by atoms with Gasteiger partial charge in [0.1, 0.15) is 5.75 Å². The van der Waals surface area contributed by atoms with E-state index >= 15 is 0 Å². The van der Waals surface area contributed by atoms with Crippen LogP contribution in [0.2, 0.25) is 10.0 Å². The van der Waals surface area contributed by atoms with E-state index in [1.54, 1.807) is 18.2 Å². The van der Waals surface area contributed by atoms with Gasteiger partial charge in [-0.2, -0.15) is 0 Å². The van der Waals surface area contributed by atoms with Crippen molar-refractivity contribution in [3.63, 3.8) is 0 Å². The molecule has 2 aromatic rings. The number of benzene rings is 2. The molecule has 0 saturated heterocycles. The van der Waals surface area contributed by atoms with Crippen LogP contribution in [0, 0.1) is 0 Å². The number of hydrogen-bond donors (Lipinski definition) is 1. The Morgan fingerprint density at radius 2 is 1.91 bits per heavy atom. The highest BCUT2D eigenvalue weighted by molar-refractivity contribution is 6.34. The number of hydrogen-bond acceptors (Lipinski definition) is 2. The van der Waals surface area contributed by atoms with Crippen molar-refractivity contribution >= 4 is 29.1 Å². The maximum Gasteiger partial charge on any atom is 0.258 e. The average Bonchev–Trinajstić information content (AvgIpc) is 2.55. The summed E-state index contributed by atoms with van der Waals surface area (Å²) in [7, 11) is 0. The summed E-state index contributed by atoms with van der Waals surface area (Å²) in [5, 5.41) is 3.86. The number of carbonyl (C=O) groups is 1. The molecule has 3 nitrogen and oxygen atoms in total. The molecule has 23 heavy (non-hydrogen) atoms. The lowest BCUT2D eigenvalue weighted by atomic mass is 10.1. The van der Waals surface area contributed by atoms with Crippen molar-refractivity contribution in [1.82, 2.24) is 5.32 Å². The second-order valence-electron chi connectivity index (χ2n) is 5.36. The molecular formula is C18H19Cl2NO2. The Kier molecular flexibility index (Phi) is 6.75. The Balaban J connectivity index is 1.74. The van der Waals surface area contributed by atoms with Gasteiger partial charge in [-0.1, -0.05) is 53.5 Å². The SMILES string of the molecule is C[C@H](CCc1ccccc1)NC(=O)COc1cc(Cl)ccc1Cl. The lowest BCUT2D eigenvalue weighted by Gasteiger charge is -2.14. The Hall–Kier alpha value is -1.71. The zero-order valence-corrected chi connectivity index (χ0v) is 14.4. The van der Waals surface area contributed by atoms with E-state index in [2.05, 4.69) is 17.4 Å². The normalized spacial score (nSPS) is 11.8. The lowest BCUT2D eigenvalue weighted by molar-refractivity contribution is -0.123. The van der Waals surface area contributed by atoms with Gasteiger partial charge in [0.25, 0.3) is 5.91 Å². The van der Waals surface area contributed by atoms with Crippen LogP contribution < -0.4 is 10.1 Å². The fourth-order valence-corrected chi connectivity index (χ4v) is 2.48. The number of aryl methyl sites for hydroxylation is 1. The van der Waals surface area contributed by atoms with Gasteiger partial charge < -0.3 is 10.1 Å². The van der Waals surface area contributed by atoms with Gasteiger partial charge in [0.05, 0.1) is 5.02 Å². The van der Waals surface area contributed by atoms with Gasteiger partial charge in [0, 0.05) is 17.1 Å². The molecule has 0 radical (unpaired) electrons. The van der Waals surface area contributed by atoms with E-state index in [1.807, 2.05) is 25.1 Å². The molecule has 1 N–H and O–H groups in total. The number of halogens is 2. The van der Waals surface area contributed by atoms with Gasteiger partial charge in [-0.15, -0.1) is 0 Å². The lowest BCUT2D eigenvalue weighted by Crippen LogP contribution is -2.36. The second-order valence-corrected chi connectivity index (χ2v) is 6.20. The highest BCUT2D eigenvalue weighted by atomic mass is 35.5. The molecular weight excluding hydrogens is 333 g/mol. The van der Waals surface area contributed by atoms with Crippen molar-refractivity contribution in [2.24, 2.45) is 0 Å². The van der Waals surface area contributed by atoms with E-state index in [0.29, 0.717) is 15.8 Å². The molecule has 0 heterocycles. The largest absolute Gasteiger partial charge is 0.482 e. The summed E-state index contributed by atoms with van der Waals surface area (Å²) in [6, 6.07) is 15.2. The quantitative estimate of drug-likeness (QED) is 0.796. The fourth-order valence-electron chi connectivity index (χ4n) is 2.15. The first-order chi connectivity index (χ1) is 11.0. The predicted octanol–water partition coefficient (Wildman–Crippen LogP) is 4.51. The van der Waals surface area contributed by atoms with E-state index in [1.165, 1.54) is 5.56 Å². The first-order valence-corrected chi connectivity index (χ1v) is 8.21. The summed E-state index contributed by atoms with van der Waals surface area (Å²) in [4.78, 5) is 11.9. The van der Waals surface area contributed by atoms with Gasteiger partial charge >= 0.3 is 0 Å². The molecule has 0 fully saturated rings. The molecule has 1 amide bonds. The van der Waals surface area contributed by atoms with Gasteiger partial charge in [0.15, 0.2) is 6.61 Å². The van der Waals surface area contributed by atoms with Crippen LogP contribution in [0.4, 0.5) is 0 Å². The maximum absolute atomic E-state index is 11.9. The summed E-state index contributed by atoms with van der Waals surface area (Å²) in [6.07, 6.45) is 1.79. The van der Waals surface area contributed by atoms with Crippen LogP contribution in [0.1, 0.15) is 18.9 Å². The molecule has 0 aliphatic rings. The zero-order chi connectivity index (χ0) is 16.7. The molecule has 0 aromatic heterocycles. The van der Waals surface area contributed by atoms with Gasteiger partial charge in [-0.3, -0.25) is 4.79 Å². The second kappa shape index (κ2) is 8.80. The van der Waals surface area contributed by atoms with Gasteiger partial charge in [-0.25, -0.2) is 0 Å². The fraction of sp³-hybridized carbons (Fsp3) is 0.278. The first-order valence-electron chi connectivity index (χ1n) is 7.45. The molecule has 2 rings (SSSR count). The number of carbonyl (C=O) groups excluding carboxylic acids is 1. The molecule has 0 saturated carbocycles. The molecule has 122 valence electrons. The minimum atomic E-state index is -0.179. The number of amides is 1. The number of ether oxygens (including phenoxy) is 1. The van der Waals surface area contributed by atoms with E-state index < -0.39 is 0 Å². The zero-order valence-electron chi connectivity index (χ0n) is 12.9. The molecule has 0 aliphatic heterocycles. The van der Waals surface area contributed by atoms with Crippen molar-refractivity contribution < 1.29 is 9.53 Å². The van der Waals surface area contributed by atoms with E-state index in [4.69, 9.17) is 27.9 Å². The Morgan fingerprint density at radius 1 is 1.17 bits per heavy atom. The van der Waals surface area contributed by atoms with Crippen molar-refractivity contribution in [3.8, 4) is 5.75 Å². The smallest absolute Gasteiger partial charge is 0.258 e. The van der Waals surface area contributed by atoms with Crippen LogP contribution in [0.3, 0.4) is 0 Å². The molecule has 2 aromatic carbocycles. The molecule has 0 bridgehead atoms. The third kappa shape index (κ3) is 6.12. The third-order valence-electron chi connectivity index (χ3n) is 3.37. The number of nitrogens with one attached hydrogen (secondary N) is 1. The van der Waals surface area contributed by atoms with Crippen LogP contribution >= 0.6 is 23.2 Å². The summed E-state index contributed by atoms with van der Waals surface area (Å²) in [5.41, 5.74) is 1.26. The topological polar surface area (TPSA) is 38.3 Å². The molecule has 1 atom stereocenters. The monoisotopic (exact) mass is 351 g/mol. The minimum absolute atomic E-state index is 0.0705. The summed E-state index contributed by atoms with van der Waals surface area (Å²) in [6.45, 7) is 1.89. The molecule has 0 unspecified atom stereocenters.